The maximum absolute atomic E-state index is 12.0. The van der Waals surface area contributed by atoms with Crippen LogP contribution in [0.15, 0.2) is 57.9 Å². The highest BCUT2D eigenvalue weighted by molar-refractivity contribution is 9.10. The number of halogens is 2. The van der Waals surface area contributed by atoms with E-state index in [4.69, 9.17) is 22.1 Å². The number of hydrogen-bond donors (Lipinski definition) is 2. The zero-order valence-corrected chi connectivity index (χ0v) is 19.3. The Morgan fingerprint density at radius 2 is 2.03 bits per heavy atom. The highest BCUT2D eigenvalue weighted by Crippen LogP contribution is 2.44. The van der Waals surface area contributed by atoms with Crippen LogP contribution in [0, 0.1) is 0 Å². The van der Waals surface area contributed by atoms with Crippen molar-refractivity contribution in [3.8, 4) is 5.75 Å². The smallest absolute Gasteiger partial charge is 0.255 e. The molecule has 1 aliphatic carbocycles. The number of pyridine rings is 1. The number of nitrogens with one attached hydrogen (secondary N) is 1. The van der Waals surface area contributed by atoms with Gasteiger partial charge in [-0.1, -0.05) is 46.6 Å². The van der Waals surface area contributed by atoms with Crippen LogP contribution in [-0.4, -0.2) is 17.1 Å². The molecule has 0 aliphatic heterocycles. The van der Waals surface area contributed by atoms with E-state index in [1.165, 1.54) is 5.56 Å². The Labute approximate surface area is 189 Å². The number of H-pyrrole nitrogens is 1. The molecule has 158 valence electrons. The van der Waals surface area contributed by atoms with Crippen molar-refractivity contribution in [2.45, 2.75) is 56.6 Å². The van der Waals surface area contributed by atoms with E-state index in [-0.39, 0.29) is 23.1 Å². The van der Waals surface area contributed by atoms with Gasteiger partial charge < -0.3 is 15.5 Å². The Balaban J connectivity index is 1.55. The number of aromatic amines is 1. The van der Waals surface area contributed by atoms with Crippen molar-refractivity contribution < 1.29 is 4.74 Å². The summed E-state index contributed by atoms with van der Waals surface area (Å²) in [4.78, 5) is 14.7. The van der Waals surface area contributed by atoms with E-state index < -0.39 is 0 Å². The van der Waals surface area contributed by atoms with Crippen molar-refractivity contribution in [1.82, 2.24) is 4.98 Å². The Hall–Kier alpha value is -1.82. The Morgan fingerprint density at radius 1 is 1.27 bits per heavy atom. The van der Waals surface area contributed by atoms with Crippen molar-refractivity contribution >= 4 is 38.3 Å². The SMILES string of the molecule is CC[C@H](N)[C@]1(c2cccc(Br)c2)CC[C@H](Oc2cc3cc[nH]c(=O)c3cc2Cl)CC1. The van der Waals surface area contributed by atoms with E-state index in [9.17, 15) is 4.79 Å². The normalized spacial score (nSPS) is 22.7. The van der Waals surface area contributed by atoms with Gasteiger partial charge >= 0.3 is 0 Å². The van der Waals surface area contributed by atoms with Gasteiger partial charge in [0.2, 0.25) is 0 Å². The molecule has 1 heterocycles. The molecule has 0 spiro atoms. The van der Waals surface area contributed by atoms with Gasteiger partial charge in [0.25, 0.3) is 5.56 Å². The summed E-state index contributed by atoms with van der Waals surface area (Å²) in [6.07, 6.45) is 6.40. The predicted octanol–water partition coefficient (Wildman–Crippen LogP) is 5.94. The molecule has 3 aromatic rings. The van der Waals surface area contributed by atoms with Gasteiger partial charge in [-0.3, -0.25) is 4.79 Å². The van der Waals surface area contributed by atoms with Crippen molar-refractivity contribution in [2.24, 2.45) is 5.73 Å². The van der Waals surface area contributed by atoms with Crippen LogP contribution in [0.3, 0.4) is 0 Å². The van der Waals surface area contributed by atoms with Gasteiger partial charge in [0, 0.05) is 27.5 Å². The number of hydrogen-bond acceptors (Lipinski definition) is 3. The number of nitrogens with two attached hydrogens (primary N) is 1. The van der Waals surface area contributed by atoms with E-state index in [0.29, 0.717) is 16.2 Å². The van der Waals surface area contributed by atoms with Crippen molar-refractivity contribution in [2.75, 3.05) is 0 Å². The fraction of sp³-hybridized carbons (Fsp3) is 0.375. The first-order valence-corrected chi connectivity index (χ1v) is 11.6. The van der Waals surface area contributed by atoms with Crippen LogP contribution in [0.5, 0.6) is 5.75 Å². The number of benzene rings is 2. The molecule has 0 amide bonds. The van der Waals surface area contributed by atoms with Crippen LogP contribution in [0.25, 0.3) is 10.8 Å². The molecule has 3 N–H and O–H groups in total. The number of fused-ring (bicyclic) bond motifs is 1. The number of rotatable bonds is 5. The Bertz CT molecular complexity index is 1110. The maximum atomic E-state index is 12.0. The standard InChI is InChI=1S/C24H26BrClN2O2/c1-2-22(27)24(16-4-3-5-17(25)13-16)9-6-18(7-10-24)30-21-12-15-8-11-28-23(29)19(15)14-20(21)26/h3-5,8,11-14,18,22H,2,6-7,9-10,27H2,1H3,(H,28,29)/t18-,22-,24+/m0/s1. The zero-order chi connectivity index (χ0) is 21.3. The molecule has 1 atom stereocenters. The predicted molar refractivity (Wildman–Crippen MR) is 127 cm³/mol. The Morgan fingerprint density at radius 3 is 2.73 bits per heavy atom. The minimum absolute atomic E-state index is 0.0428. The minimum Gasteiger partial charge on any atom is -0.489 e. The van der Waals surface area contributed by atoms with E-state index >= 15 is 0 Å². The molecule has 1 aliphatic rings. The Kier molecular flexibility index (Phi) is 6.24. The van der Waals surface area contributed by atoms with Gasteiger partial charge in [-0.2, -0.15) is 0 Å². The molecule has 1 aromatic heterocycles. The first kappa shape index (κ1) is 21.4. The first-order chi connectivity index (χ1) is 14.4. The summed E-state index contributed by atoms with van der Waals surface area (Å²) in [5.74, 6) is 0.634. The van der Waals surface area contributed by atoms with E-state index in [1.807, 2.05) is 12.1 Å². The van der Waals surface area contributed by atoms with Crippen molar-refractivity contribution in [1.29, 1.82) is 0 Å². The largest absolute Gasteiger partial charge is 0.489 e. The zero-order valence-electron chi connectivity index (χ0n) is 17.0. The van der Waals surface area contributed by atoms with Crippen molar-refractivity contribution in [3.05, 3.63) is 74.1 Å². The van der Waals surface area contributed by atoms with E-state index in [1.54, 1.807) is 12.3 Å². The molecule has 0 bridgehead atoms. The fourth-order valence-electron chi connectivity index (χ4n) is 4.75. The summed E-state index contributed by atoms with van der Waals surface area (Å²) in [5, 5.41) is 1.86. The molecule has 6 heteroatoms. The van der Waals surface area contributed by atoms with Gasteiger partial charge in [0.05, 0.1) is 11.1 Å². The average Bonchev–Trinajstić information content (AvgIpc) is 2.75. The third kappa shape index (κ3) is 4.03. The van der Waals surface area contributed by atoms with Gasteiger partial charge in [-0.15, -0.1) is 0 Å². The van der Waals surface area contributed by atoms with Crippen LogP contribution in [0.4, 0.5) is 0 Å². The molecular formula is C24H26BrClN2O2. The lowest BCUT2D eigenvalue weighted by molar-refractivity contribution is 0.104. The molecular weight excluding hydrogens is 464 g/mol. The lowest BCUT2D eigenvalue weighted by Crippen LogP contribution is -2.48. The second-order valence-electron chi connectivity index (χ2n) is 8.18. The lowest BCUT2D eigenvalue weighted by Gasteiger charge is -2.44. The first-order valence-electron chi connectivity index (χ1n) is 10.4. The minimum atomic E-state index is -0.147. The molecule has 0 unspecified atom stereocenters. The molecule has 1 saturated carbocycles. The maximum Gasteiger partial charge on any atom is 0.255 e. The summed E-state index contributed by atoms with van der Waals surface area (Å²) in [6, 6.07) is 14.0. The molecule has 2 aromatic carbocycles. The summed E-state index contributed by atoms with van der Waals surface area (Å²) >= 11 is 10.0. The molecule has 30 heavy (non-hydrogen) atoms. The second kappa shape index (κ2) is 8.74. The summed E-state index contributed by atoms with van der Waals surface area (Å²) in [7, 11) is 0. The molecule has 1 fully saturated rings. The van der Waals surface area contributed by atoms with Crippen LogP contribution >= 0.6 is 27.5 Å². The van der Waals surface area contributed by atoms with Gasteiger partial charge in [0.15, 0.2) is 0 Å². The third-order valence-electron chi connectivity index (χ3n) is 6.49. The topological polar surface area (TPSA) is 68.1 Å². The molecule has 0 radical (unpaired) electrons. The van der Waals surface area contributed by atoms with Crippen molar-refractivity contribution in [3.63, 3.8) is 0 Å². The summed E-state index contributed by atoms with van der Waals surface area (Å²) in [6.45, 7) is 2.16. The lowest BCUT2D eigenvalue weighted by atomic mass is 9.64. The third-order valence-corrected chi connectivity index (χ3v) is 7.28. The van der Waals surface area contributed by atoms with Gasteiger partial charge in [-0.05, 0) is 73.4 Å². The van der Waals surface area contributed by atoms with Crippen LogP contribution < -0.4 is 16.0 Å². The molecule has 4 nitrogen and oxygen atoms in total. The number of aromatic nitrogens is 1. The highest BCUT2D eigenvalue weighted by atomic mass is 79.9. The van der Waals surface area contributed by atoms with Crippen LogP contribution in [0.1, 0.15) is 44.6 Å². The fourth-order valence-corrected chi connectivity index (χ4v) is 5.35. The molecule has 0 saturated heterocycles. The van der Waals surface area contributed by atoms with E-state index in [0.717, 1.165) is 42.0 Å². The average molecular weight is 490 g/mol. The van der Waals surface area contributed by atoms with Gasteiger partial charge in [0.1, 0.15) is 5.75 Å². The summed E-state index contributed by atoms with van der Waals surface area (Å²) < 4.78 is 7.39. The van der Waals surface area contributed by atoms with Crippen LogP contribution in [0.2, 0.25) is 5.02 Å². The molecule has 4 rings (SSSR count). The van der Waals surface area contributed by atoms with Gasteiger partial charge in [-0.25, -0.2) is 0 Å². The van der Waals surface area contributed by atoms with E-state index in [2.05, 4.69) is 52.1 Å². The van der Waals surface area contributed by atoms with Crippen LogP contribution in [-0.2, 0) is 5.41 Å². The monoisotopic (exact) mass is 488 g/mol. The quantitative estimate of drug-likeness (QED) is 0.466. The highest BCUT2D eigenvalue weighted by Gasteiger charge is 2.41. The summed E-state index contributed by atoms with van der Waals surface area (Å²) in [5.41, 5.74) is 7.76. The second-order valence-corrected chi connectivity index (χ2v) is 9.50. The number of ether oxygens (including phenoxy) is 1.